The summed E-state index contributed by atoms with van der Waals surface area (Å²) in [5.41, 5.74) is 6.70. The molecular formula is C15H17FN2O2S. The number of hydrogen-bond donors (Lipinski definition) is 1. The van der Waals surface area contributed by atoms with Crippen molar-refractivity contribution >= 4 is 21.4 Å². The number of anilines is 2. The molecule has 0 aromatic heterocycles. The molecule has 21 heavy (non-hydrogen) atoms. The second-order valence-electron chi connectivity index (χ2n) is 4.65. The Kier molecular flexibility index (Phi) is 4.18. The summed E-state index contributed by atoms with van der Waals surface area (Å²) in [6.45, 7) is 3.46. The van der Waals surface area contributed by atoms with Gasteiger partial charge in [-0.2, -0.15) is 0 Å². The van der Waals surface area contributed by atoms with Crippen LogP contribution in [0.2, 0.25) is 0 Å². The third-order valence-corrected chi connectivity index (χ3v) is 5.22. The maximum Gasteiger partial charge on any atom is 0.264 e. The molecule has 0 atom stereocenters. The standard InChI is InChI=1S/C15H17FN2O2S/c1-3-18(14-7-5-4-6-13(14)16)21(19,20)15-9-8-12(17)10-11(15)2/h4-10H,3,17H2,1-2H3. The zero-order chi connectivity index (χ0) is 15.6. The fourth-order valence-electron chi connectivity index (χ4n) is 2.20. The molecule has 2 aromatic rings. The van der Waals surface area contributed by atoms with Gasteiger partial charge in [-0.3, -0.25) is 4.31 Å². The Balaban J connectivity index is 2.58. The quantitative estimate of drug-likeness (QED) is 0.883. The van der Waals surface area contributed by atoms with Crippen LogP contribution in [0.3, 0.4) is 0 Å². The number of para-hydroxylation sites is 1. The van der Waals surface area contributed by atoms with Crippen LogP contribution in [-0.4, -0.2) is 15.0 Å². The fourth-order valence-corrected chi connectivity index (χ4v) is 3.89. The van der Waals surface area contributed by atoms with E-state index in [9.17, 15) is 12.8 Å². The second kappa shape index (κ2) is 5.73. The molecule has 0 saturated heterocycles. The molecule has 0 saturated carbocycles. The first-order valence-corrected chi connectivity index (χ1v) is 7.95. The van der Waals surface area contributed by atoms with Crippen molar-refractivity contribution in [2.45, 2.75) is 18.7 Å². The molecule has 0 aliphatic rings. The number of nitrogens with zero attached hydrogens (tertiary/aromatic N) is 1. The van der Waals surface area contributed by atoms with Crippen molar-refractivity contribution in [2.75, 3.05) is 16.6 Å². The van der Waals surface area contributed by atoms with Crippen LogP contribution in [0, 0.1) is 12.7 Å². The topological polar surface area (TPSA) is 63.4 Å². The zero-order valence-corrected chi connectivity index (χ0v) is 12.7. The van der Waals surface area contributed by atoms with Crippen molar-refractivity contribution < 1.29 is 12.8 Å². The summed E-state index contributed by atoms with van der Waals surface area (Å²) in [5.74, 6) is -0.573. The Hall–Kier alpha value is -2.08. The Morgan fingerprint density at radius 1 is 1.19 bits per heavy atom. The average Bonchev–Trinajstić information content (AvgIpc) is 2.41. The molecule has 6 heteroatoms. The number of rotatable bonds is 4. The molecule has 2 rings (SSSR count). The Morgan fingerprint density at radius 3 is 2.43 bits per heavy atom. The van der Waals surface area contributed by atoms with E-state index in [1.54, 1.807) is 26.0 Å². The lowest BCUT2D eigenvalue weighted by Crippen LogP contribution is -2.32. The molecule has 0 spiro atoms. The van der Waals surface area contributed by atoms with E-state index in [0.29, 0.717) is 11.3 Å². The van der Waals surface area contributed by atoms with Crippen LogP contribution in [0.5, 0.6) is 0 Å². The maximum absolute atomic E-state index is 13.9. The molecule has 0 amide bonds. The number of benzene rings is 2. The van der Waals surface area contributed by atoms with Gasteiger partial charge in [-0.25, -0.2) is 12.8 Å². The Morgan fingerprint density at radius 2 is 1.86 bits per heavy atom. The van der Waals surface area contributed by atoms with Crippen LogP contribution in [0.25, 0.3) is 0 Å². The minimum atomic E-state index is -3.84. The molecule has 2 N–H and O–H groups in total. The monoisotopic (exact) mass is 308 g/mol. The van der Waals surface area contributed by atoms with Crippen LogP contribution in [0.1, 0.15) is 12.5 Å². The third-order valence-electron chi connectivity index (χ3n) is 3.18. The average molecular weight is 308 g/mol. The predicted molar refractivity (Wildman–Crippen MR) is 82.2 cm³/mol. The highest BCUT2D eigenvalue weighted by molar-refractivity contribution is 7.92. The van der Waals surface area contributed by atoms with Gasteiger partial charge >= 0.3 is 0 Å². The van der Waals surface area contributed by atoms with Crippen molar-refractivity contribution in [1.82, 2.24) is 0 Å². The van der Waals surface area contributed by atoms with Gasteiger partial charge in [-0.05, 0) is 49.7 Å². The summed E-state index contributed by atoms with van der Waals surface area (Å²) < 4.78 is 40.5. The van der Waals surface area contributed by atoms with Crippen molar-refractivity contribution in [1.29, 1.82) is 0 Å². The summed E-state index contributed by atoms with van der Waals surface area (Å²) >= 11 is 0. The van der Waals surface area contributed by atoms with Crippen LogP contribution < -0.4 is 10.0 Å². The van der Waals surface area contributed by atoms with Gasteiger partial charge in [0.1, 0.15) is 5.82 Å². The Bertz CT molecular complexity index is 760. The fraction of sp³-hybridized carbons (Fsp3) is 0.200. The lowest BCUT2D eigenvalue weighted by molar-refractivity contribution is 0.586. The van der Waals surface area contributed by atoms with E-state index < -0.39 is 15.8 Å². The van der Waals surface area contributed by atoms with Crippen molar-refractivity contribution in [3.63, 3.8) is 0 Å². The molecule has 112 valence electrons. The largest absolute Gasteiger partial charge is 0.399 e. The molecule has 0 heterocycles. The number of halogens is 1. The van der Waals surface area contributed by atoms with E-state index in [0.717, 1.165) is 4.31 Å². The van der Waals surface area contributed by atoms with Gasteiger partial charge in [-0.1, -0.05) is 12.1 Å². The van der Waals surface area contributed by atoms with Crippen molar-refractivity contribution in [3.8, 4) is 0 Å². The van der Waals surface area contributed by atoms with Crippen molar-refractivity contribution in [3.05, 3.63) is 53.8 Å². The minimum absolute atomic E-state index is 0.0382. The SMILES string of the molecule is CCN(c1ccccc1F)S(=O)(=O)c1ccc(N)cc1C. The summed E-state index contributed by atoms with van der Waals surface area (Å²) in [7, 11) is -3.84. The van der Waals surface area contributed by atoms with Crippen LogP contribution >= 0.6 is 0 Å². The lowest BCUT2D eigenvalue weighted by Gasteiger charge is -2.24. The number of aryl methyl sites for hydroxylation is 1. The number of hydrogen-bond acceptors (Lipinski definition) is 3. The molecule has 0 aliphatic carbocycles. The first-order valence-electron chi connectivity index (χ1n) is 6.51. The molecule has 4 nitrogen and oxygen atoms in total. The highest BCUT2D eigenvalue weighted by atomic mass is 32.2. The van der Waals surface area contributed by atoms with Gasteiger partial charge in [0.05, 0.1) is 10.6 Å². The van der Waals surface area contributed by atoms with Gasteiger partial charge in [0, 0.05) is 12.2 Å². The molecule has 0 fully saturated rings. The maximum atomic E-state index is 13.9. The lowest BCUT2D eigenvalue weighted by atomic mass is 10.2. The highest BCUT2D eigenvalue weighted by Gasteiger charge is 2.27. The smallest absolute Gasteiger partial charge is 0.264 e. The zero-order valence-electron chi connectivity index (χ0n) is 11.9. The molecule has 2 aromatic carbocycles. The number of nitrogens with two attached hydrogens (primary N) is 1. The van der Waals surface area contributed by atoms with Gasteiger partial charge in [0.2, 0.25) is 0 Å². The molecule has 0 aliphatic heterocycles. The van der Waals surface area contributed by atoms with Crippen LogP contribution in [0.4, 0.5) is 15.8 Å². The van der Waals surface area contributed by atoms with E-state index in [4.69, 9.17) is 5.73 Å². The van der Waals surface area contributed by atoms with E-state index in [2.05, 4.69) is 0 Å². The van der Waals surface area contributed by atoms with Crippen molar-refractivity contribution in [2.24, 2.45) is 0 Å². The first kappa shape index (κ1) is 15.3. The second-order valence-corrected chi connectivity index (χ2v) is 6.48. The normalized spacial score (nSPS) is 11.4. The van der Waals surface area contributed by atoms with Gasteiger partial charge in [0.25, 0.3) is 10.0 Å². The number of sulfonamides is 1. The first-order chi connectivity index (χ1) is 9.87. The van der Waals surface area contributed by atoms with Gasteiger partial charge in [-0.15, -0.1) is 0 Å². The summed E-state index contributed by atoms with van der Waals surface area (Å²) in [6, 6.07) is 10.4. The van der Waals surface area contributed by atoms with Crippen LogP contribution in [0.15, 0.2) is 47.4 Å². The van der Waals surface area contributed by atoms with E-state index in [1.807, 2.05) is 0 Å². The molecule has 0 unspecified atom stereocenters. The predicted octanol–water partition coefficient (Wildman–Crippen LogP) is 2.93. The molecular weight excluding hydrogens is 291 g/mol. The van der Waals surface area contributed by atoms with E-state index >= 15 is 0 Å². The minimum Gasteiger partial charge on any atom is -0.399 e. The van der Waals surface area contributed by atoms with Gasteiger partial charge < -0.3 is 5.73 Å². The van der Waals surface area contributed by atoms with E-state index in [-0.39, 0.29) is 17.1 Å². The Labute approximate surface area is 124 Å². The summed E-state index contributed by atoms with van der Waals surface area (Å²) in [4.78, 5) is 0.127. The number of nitrogen functional groups attached to an aromatic ring is 1. The third kappa shape index (κ3) is 2.85. The highest BCUT2D eigenvalue weighted by Crippen LogP contribution is 2.28. The molecule has 0 bridgehead atoms. The van der Waals surface area contributed by atoms with Gasteiger partial charge in [0.15, 0.2) is 0 Å². The summed E-state index contributed by atoms with van der Waals surface area (Å²) in [6.07, 6.45) is 0. The molecule has 0 radical (unpaired) electrons. The summed E-state index contributed by atoms with van der Waals surface area (Å²) in [5, 5.41) is 0. The van der Waals surface area contributed by atoms with Crippen LogP contribution in [-0.2, 0) is 10.0 Å². The van der Waals surface area contributed by atoms with E-state index in [1.165, 1.54) is 30.3 Å².